The molecule has 34 heavy (non-hydrogen) atoms. The summed E-state index contributed by atoms with van der Waals surface area (Å²) in [6.45, 7) is 1.05. The number of nitrogens with zero attached hydrogens (tertiary/aromatic N) is 2. The van der Waals surface area contributed by atoms with Crippen LogP contribution in [0.2, 0.25) is 0 Å². The van der Waals surface area contributed by atoms with E-state index in [1.54, 1.807) is 35.6 Å². The van der Waals surface area contributed by atoms with Gasteiger partial charge in [-0.05, 0) is 36.4 Å². The third-order valence-electron chi connectivity index (χ3n) is 5.43. The minimum atomic E-state index is -0.345. The maximum Gasteiger partial charge on any atom is 0.311 e. The second-order valence-electron chi connectivity index (χ2n) is 7.83. The Labute approximate surface area is 205 Å². The van der Waals surface area contributed by atoms with E-state index < -0.39 is 0 Å². The molecule has 0 aliphatic carbocycles. The number of carbonyl (C=O) groups is 3. The monoisotopic (exact) mass is 499 g/mol. The van der Waals surface area contributed by atoms with E-state index >= 15 is 0 Å². The second kappa shape index (κ2) is 11.3. The quantitative estimate of drug-likeness (QED) is 0.471. The number of nitrogens with one attached hydrogen (secondary N) is 1. The third-order valence-corrected chi connectivity index (χ3v) is 7.18. The lowest BCUT2D eigenvalue weighted by Gasteiger charge is -2.31. The number of amides is 2. The first-order chi connectivity index (χ1) is 16.5. The van der Waals surface area contributed by atoms with Crippen LogP contribution in [0.3, 0.4) is 0 Å². The van der Waals surface area contributed by atoms with Gasteiger partial charge in [-0.3, -0.25) is 14.4 Å². The molecule has 3 aromatic rings. The van der Waals surface area contributed by atoms with Crippen LogP contribution in [0, 0.1) is 5.92 Å². The maximum atomic E-state index is 12.6. The Morgan fingerprint density at radius 1 is 1.18 bits per heavy atom. The molecule has 0 saturated carbocycles. The van der Waals surface area contributed by atoms with Crippen LogP contribution < -0.4 is 10.1 Å². The van der Waals surface area contributed by atoms with Crippen molar-refractivity contribution in [2.45, 2.75) is 25.9 Å². The first-order valence-corrected chi connectivity index (χ1v) is 12.6. The van der Waals surface area contributed by atoms with Gasteiger partial charge in [0.1, 0.15) is 17.4 Å². The van der Waals surface area contributed by atoms with Gasteiger partial charge >= 0.3 is 5.97 Å². The number of esters is 1. The highest BCUT2D eigenvalue weighted by Gasteiger charge is 2.30. The Morgan fingerprint density at radius 3 is 2.82 bits per heavy atom. The normalized spacial score (nSPS) is 15.6. The van der Waals surface area contributed by atoms with Crippen molar-refractivity contribution in [1.82, 2.24) is 9.88 Å². The minimum absolute atomic E-state index is 0.0388. The van der Waals surface area contributed by atoms with E-state index in [2.05, 4.69) is 10.3 Å². The summed E-state index contributed by atoms with van der Waals surface area (Å²) in [6, 6.07) is 10.8. The number of methoxy groups -OCH3 is 1. The van der Waals surface area contributed by atoms with Gasteiger partial charge in [0, 0.05) is 18.5 Å². The topological polar surface area (TPSA) is 97.8 Å². The summed E-state index contributed by atoms with van der Waals surface area (Å²) in [4.78, 5) is 44.4. The van der Waals surface area contributed by atoms with Crippen molar-refractivity contribution >= 4 is 46.1 Å². The van der Waals surface area contributed by atoms with Crippen LogP contribution in [0.5, 0.6) is 5.75 Å². The number of benzene rings is 1. The number of carbonyl (C=O) groups excluding carboxylic acids is 3. The van der Waals surface area contributed by atoms with E-state index in [4.69, 9.17) is 9.47 Å². The van der Waals surface area contributed by atoms with Crippen molar-refractivity contribution < 1.29 is 23.9 Å². The predicted octanol–water partition coefficient (Wildman–Crippen LogP) is 3.99. The molecule has 178 valence electrons. The van der Waals surface area contributed by atoms with Crippen molar-refractivity contribution in [2.24, 2.45) is 5.92 Å². The van der Waals surface area contributed by atoms with Gasteiger partial charge in [0.25, 0.3) is 5.91 Å². The predicted molar refractivity (Wildman–Crippen MR) is 130 cm³/mol. The first-order valence-electron chi connectivity index (χ1n) is 10.9. The highest BCUT2D eigenvalue weighted by molar-refractivity contribution is 7.12. The molecular weight excluding hydrogens is 474 g/mol. The van der Waals surface area contributed by atoms with Crippen LogP contribution in [0.15, 0.2) is 47.2 Å². The molecule has 1 aromatic carbocycles. The summed E-state index contributed by atoms with van der Waals surface area (Å²) in [5.41, 5.74) is 1.19. The van der Waals surface area contributed by atoms with Gasteiger partial charge < -0.3 is 19.7 Å². The highest BCUT2D eigenvalue weighted by Crippen LogP contribution is 2.24. The number of rotatable bonds is 8. The number of ether oxygens (including phenoxy) is 2. The summed E-state index contributed by atoms with van der Waals surface area (Å²) in [6.07, 6.45) is 1.57. The molecule has 0 radical (unpaired) electrons. The van der Waals surface area contributed by atoms with Crippen molar-refractivity contribution in [3.8, 4) is 5.75 Å². The van der Waals surface area contributed by atoms with E-state index in [0.29, 0.717) is 46.5 Å². The van der Waals surface area contributed by atoms with Gasteiger partial charge in [0.15, 0.2) is 0 Å². The van der Waals surface area contributed by atoms with Gasteiger partial charge in [-0.25, -0.2) is 4.98 Å². The fourth-order valence-electron chi connectivity index (χ4n) is 3.75. The van der Waals surface area contributed by atoms with Crippen molar-refractivity contribution in [3.63, 3.8) is 0 Å². The number of aromatic nitrogens is 1. The lowest BCUT2D eigenvalue weighted by atomic mass is 9.98. The van der Waals surface area contributed by atoms with E-state index in [0.717, 1.165) is 6.42 Å². The van der Waals surface area contributed by atoms with Crippen LogP contribution in [0.4, 0.5) is 5.69 Å². The van der Waals surface area contributed by atoms with Crippen molar-refractivity contribution in [2.75, 3.05) is 25.5 Å². The minimum Gasteiger partial charge on any atom is -0.495 e. The molecule has 1 N–H and O–H groups in total. The maximum absolute atomic E-state index is 12.6. The average Bonchev–Trinajstić information content (AvgIpc) is 3.55. The summed E-state index contributed by atoms with van der Waals surface area (Å²) in [5, 5.41) is 7.10. The van der Waals surface area contributed by atoms with E-state index in [1.807, 2.05) is 23.6 Å². The lowest BCUT2D eigenvalue weighted by Crippen LogP contribution is -2.42. The lowest BCUT2D eigenvalue weighted by molar-refractivity contribution is -0.151. The van der Waals surface area contributed by atoms with Gasteiger partial charge in [-0.1, -0.05) is 18.2 Å². The molecule has 1 saturated heterocycles. The Bertz CT molecular complexity index is 1150. The molecule has 2 aromatic heterocycles. The van der Waals surface area contributed by atoms with Gasteiger partial charge in [-0.15, -0.1) is 22.7 Å². The Hall–Kier alpha value is -3.24. The van der Waals surface area contributed by atoms with Gasteiger partial charge in [0.05, 0.1) is 35.7 Å². The molecule has 10 heteroatoms. The van der Waals surface area contributed by atoms with Crippen LogP contribution >= 0.6 is 22.7 Å². The average molecular weight is 500 g/mol. The number of hydrogen-bond donors (Lipinski definition) is 1. The van der Waals surface area contributed by atoms with E-state index in [9.17, 15) is 14.4 Å². The number of piperidine rings is 1. The molecule has 1 fully saturated rings. The van der Waals surface area contributed by atoms with Crippen LogP contribution in [0.25, 0.3) is 0 Å². The largest absolute Gasteiger partial charge is 0.495 e. The van der Waals surface area contributed by atoms with E-state index in [-0.39, 0.29) is 36.7 Å². The molecule has 1 aliphatic heterocycles. The molecule has 1 unspecified atom stereocenters. The standard InChI is InChI=1S/C24H25N3O5S2/c1-31-19-8-3-2-7-18(19)26-21(28)12-22-25-17(15-34-22)14-32-24(30)16-6-4-10-27(13-16)23(29)20-9-5-11-33-20/h2-3,5,7-9,11,15-16H,4,6,10,12-14H2,1H3,(H,26,28). The van der Waals surface area contributed by atoms with E-state index in [1.165, 1.54) is 22.7 Å². The molecule has 4 rings (SSSR count). The van der Waals surface area contributed by atoms with Gasteiger partial charge in [-0.2, -0.15) is 0 Å². The fraction of sp³-hybridized carbons (Fsp3) is 0.333. The second-order valence-corrected chi connectivity index (χ2v) is 9.72. The van der Waals surface area contributed by atoms with Crippen LogP contribution in [-0.4, -0.2) is 47.9 Å². The number of thiophene rings is 1. The molecule has 1 aliphatic rings. The SMILES string of the molecule is COc1ccccc1NC(=O)Cc1nc(COC(=O)C2CCCN(C(=O)c3cccs3)C2)cs1. The summed E-state index contributed by atoms with van der Waals surface area (Å²) in [5.74, 6) is -0.335. The zero-order chi connectivity index (χ0) is 23.9. The summed E-state index contributed by atoms with van der Waals surface area (Å²) in [7, 11) is 1.55. The summed E-state index contributed by atoms with van der Waals surface area (Å²) < 4.78 is 10.7. The molecule has 8 nitrogen and oxygen atoms in total. The molecule has 3 heterocycles. The van der Waals surface area contributed by atoms with Crippen LogP contribution in [0.1, 0.15) is 33.2 Å². The number of likely N-dealkylation sites (tertiary alicyclic amines) is 1. The smallest absolute Gasteiger partial charge is 0.311 e. The number of anilines is 1. The van der Waals surface area contributed by atoms with Gasteiger partial charge in [0.2, 0.25) is 5.91 Å². The molecular formula is C24H25N3O5S2. The Kier molecular flexibility index (Phi) is 7.91. The number of para-hydroxylation sites is 2. The highest BCUT2D eigenvalue weighted by atomic mass is 32.1. The Morgan fingerprint density at radius 2 is 2.03 bits per heavy atom. The van der Waals surface area contributed by atoms with Crippen molar-refractivity contribution in [1.29, 1.82) is 0 Å². The molecule has 1 atom stereocenters. The molecule has 2 amide bonds. The molecule has 0 bridgehead atoms. The van der Waals surface area contributed by atoms with Crippen LogP contribution in [-0.2, 0) is 27.4 Å². The first kappa shape index (κ1) is 23.9. The van der Waals surface area contributed by atoms with Crippen molar-refractivity contribution in [3.05, 3.63) is 62.7 Å². The number of hydrogen-bond acceptors (Lipinski definition) is 8. The summed E-state index contributed by atoms with van der Waals surface area (Å²) >= 11 is 2.74. The fourth-order valence-corrected chi connectivity index (χ4v) is 5.22. The zero-order valence-electron chi connectivity index (χ0n) is 18.7. The molecule has 0 spiro atoms. The third kappa shape index (κ3) is 6.00. The number of thiazole rings is 1. The zero-order valence-corrected chi connectivity index (χ0v) is 20.3. The Balaban J connectivity index is 1.26.